The van der Waals surface area contributed by atoms with Gasteiger partial charge in [-0.3, -0.25) is 0 Å². The molecule has 0 rings (SSSR count). The van der Waals surface area contributed by atoms with Crippen molar-refractivity contribution in [3.05, 3.63) is 0 Å². The molecule has 0 aliphatic rings. The van der Waals surface area contributed by atoms with E-state index in [0.717, 1.165) is 0 Å². The molecular formula is C8H22OSi2. The molecule has 0 aliphatic heterocycles. The third-order valence-corrected chi connectivity index (χ3v) is 6.84. The van der Waals surface area contributed by atoms with Gasteiger partial charge >= 0.3 is 0 Å². The molecule has 1 nitrogen and oxygen atoms in total. The van der Waals surface area contributed by atoms with Crippen LogP contribution in [0.25, 0.3) is 0 Å². The lowest BCUT2D eigenvalue weighted by atomic mass is 10.9. The molecule has 0 aliphatic carbocycles. The molecule has 3 heteroatoms. The second-order valence-electron chi connectivity index (χ2n) is 5.02. The summed E-state index contributed by atoms with van der Waals surface area (Å²) in [6.07, 6.45) is 0. The second-order valence-corrected chi connectivity index (χ2v) is 15.1. The summed E-state index contributed by atoms with van der Waals surface area (Å²) in [6.45, 7) is 11.9. The molecule has 0 aromatic heterocycles. The van der Waals surface area contributed by atoms with Crippen LogP contribution >= 0.6 is 0 Å². The summed E-state index contributed by atoms with van der Waals surface area (Å²) in [5, 5.41) is 0. The Balaban J connectivity index is 3.70. The molecular weight excluding hydrogens is 168 g/mol. The van der Waals surface area contributed by atoms with Gasteiger partial charge in [-0.25, -0.2) is 0 Å². The first-order chi connectivity index (χ1) is 4.77. The molecule has 0 amide bonds. The predicted octanol–water partition coefficient (Wildman–Crippen LogP) is 3.18. The van der Waals surface area contributed by atoms with Gasteiger partial charge in [-0.05, 0) is 19.1 Å². The first-order valence-corrected chi connectivity index (χ1v) is 11.1. The molecule has 0 N–H and O–H groups in total. The van der Waals surface area contributed by atoms with Crippen molar-refractivity contribution in [2.75, 3.05) is 7.11 Å². The van der Waals surface area contributed by atoms with Crippen LogP contribution in [0, 0.1) is 0 Å². The van der Waals surface area contributed by atoms with E-state index in [1.54, 1.807) is 0 Å². The minimum Gasteiger partial charge on any atom is -0.420 e. The highest BCUT2D eigenvalue weighted by molar-refractivity contribution is 6.79. The van der Waals surface area contributed by atoms with E-state index in [0.29, 0.717) is 0 Å². The first kappa shape index (κ1) is 11.4. The summed E-state index contributed by atoms with van der Waals surface area (Å²) in [4.78, 5) is 0. The van der Waals surface area contributed by atoms with Crippen LogP contribution < -0.4 is 0 Å². The van der Waals surface area contributed by atoms with Gasteiger partial charge in [-0.1, -0.05) is 25.7 Å². The normalized spacial score (nSPS) is 13.6. The van der Waals surface area contributed by atoms with Crippen molar-refractivity contribution in [3.8, 4) is 0 Å². The molecule has 0 saturated heterocycles. The SMILES string of the molecule is CO[Si](C)(C)CC[Si](C)(C)C. The molecule has 0 saturated carbocycles. The Bertz CT molecular complexity index is 116. The van der Waals surface area contributed by atoms with Gasteiger partial charge in [-0.15, -0.1) is 0 Å². The van der Waals surface area contributed by atoms with Crippen molar-refractivity contribution in [1.29, 1.82) is 0 Å². The van der Waals surface area contributed by atoms with Crippen LogP contribution in [0.15, 0.2) is 0 Å². The van der Waals surface area contributed by atoms with E-state index in [2.05, 4.69) is 32.7 Å². The number of rotatable bonds is 4. The lowest BCUT2D eigenvalue weighted by Gasteiger charge is -2.24. The maximum atomic E-state index is 5.49. The quantitative estimate of drug-likeness (QED) is 0.619. The van der Waals surface area contributed by atoms with Crippen molar-refractivity contribution in [2.24, 2.45) is 0 Å². The molecule has 0 aromatic carbocycles. The molecule has 68 valence electrons. The summed E-state index contributed by atoms with van der Waals surface area (Å²) in [6, 6.07) is 2.75. The fraction of sp³-hybridized carbons (Fsp3) is 1.00. The minimum absolute atomic E-state index is 0.829. The highest BCUT2D eigenvalue weighted by atomic mass is 28.4. The topological polar surface area (TPSA) is 9.23 Å². The Kier molecular flexibility index (Phi) is 4.01. The third-order valence-electron chi connectivity index (χ3n) is 2.03. The van der Waals surface area contributed by atoms with Gasteiger partial charge in [0.2, 0.25) is 0 Å². The van der Waals surface area contributed by atoms with Crippen molar-refractivity contribution in [3.63, 3.8) is 0 Å². The Morgan fingerprint density at radius 1 is 0.909 bits per heavy atom. The molecule has 0 bridgehead atoms. The third kappa shape index (κ3) is 6.78. The van der Waals surface area contributed by atoms with Crippen LogP contribution in [-0.2, 0) is 4.43 Å². The van der Waals surface area contributed by atoms with E-state index >= 15 is 0 Å². The second kappa shape index (κ2) is 3.87. The average molecular weight is 190 g/mol. The van der Waals surface area contributed by atoms with Crippen LogP contribution in [0.5, 0.6) is 0 Å². The van der Waals surface area contributed by atoms with E-state index in [1.165, 1.54) is 12.1 Å². The summed E-state index contributed by atoms with van der Waals surface area (Å²) >= 11 is 0. The molecule has 0 unspecified atom stereocenters. The maximum absolute atomic E-state index is 5.49. The van der Waals surface area contributed by atoms with Crippen LogP contribution in [0.3, 0.4) is 0 Å². The lowest BCUT2D eigenvalue weighted by Crippen LogP contribution is -2.32. The fourth-order valence-electron chi connectivity index (χ4n) is 0.778. The summed E-state index contributed by atoms with van der Waals surface area (Å²) in [5.74, 6) is 0. The monoisotopic (exact) mass is 190 g/mol. The first-order valence-electron chi connectivity index (χ1n) is 4.32. The summed E-state index contributed by atoms with van der Waals surface area (Å²) in [7, 11) is -0.223. The number of hydrogen-bond acceptors (Lipinski definition) is 1. The molecule has 0 fully saturated rings. The Morgan fingerprint density at radius 3 is 1.64 bits per heavy atom. The minimum atomic E-state index is -1.25. The zero-order valence-corrected chi connectivity index (χ0v) is 10.8. The summed E-state index contributed by atoms with van der Waals surface area (Å²) in [5.41, 5.74) is 0. The molecule has 0 atom stereocenters. The van der Waals surface area contributed by atoms with Crippen molar-refractivity contribution >= 4 is 16.4 Å². The smallest absolute Gasteiger partial charge is 0.185 e. The Labute approximate surface area is 73.3 Å². The Hall–Kier alpha value is 0.394. The summed E-state index contributed by atoms with van der Waals surface area (Å²) < 4.78 is 5.49. The van der Waals surface area contributed by atoms with Gasteiger partial charge in [0.05, 0.1) is 0 Å². The zero-order chi connectivity index (χ0) is 9.12. The van der Waals surface area contributed by atoms with Gasteiger partial charge in [-0.2, -0.15) is 0 Å². The van der Waals surface area contributed by atoms with Crippen molar-refractivity contribution in [2.45, 2.75) is 44.8 Å². The van der Waals surface area contributed by atoms with Crippen molar-refractivity contribution < 1.29 is 4.43 Å². The van der Waals surface area contributed by atoms with E-state index in [4.69, 9.17) is 4.43 Å². The molecule has 0 spiro atoms. The zero-order valence-electron chi connectivity index (χ0n) is 8.82. The molecule has 0 heterocycles. The largest absolute Gasteiger partial charge is 0.420 e. The van der Waals surface area contributed by atoms with Crippen LogP contribution in [-0.4, -0.2) is 23.5 Å². The van der Waals surface area contributed by atoms with Crippen LogP contribution in [0.1, 0.15) is 0 Å². The fourth-order valence-corrected chi connectivity index (χ4v) is 6.39. The Morgan fingerprint density at radius 2 is 1.36 bits per heavy atom. The van der Waals surface area contributed by atoms with Crippen molar-refractivity contribution in [1.82, 2.24) is 0 Å². The van der Waals surface area contributed by atoms with Gasteiger partial charge < -0.3 is 4.43 Å². The van der Waals surface area contributed by atoms with Gasteiger partial charge in [0, 0.05) is 15.2 Å². The van der Waals surface area contributed by atoms with Crippen LogP contribution in [0.2, 0.25) is 44.8 Å². The van der Waals surface area contributed by atoms with Crippen LogP contribution in [0.4, 0.5) is 0 Å². The van der Waals surface area contributed by atoms with E-state index in [9.17, 15) is 0 Å². The van der Waals surface area contributed by atoms with Gasteiger partial charge in [0.25, 0.3) is 0 Å². The molecule has 0 radical (unpaired) electrons. The molecule has 11 heavy (non-hydrogen) atoms. The predicted molar refractivity (Wildman–Crippen MR) is 57.5 cm³/mol. The van der Waals surface area contributed by atoms with E-state index in [1.807, 2.05) is 7.11 Å². The average Bonchev–Trinajstić information content (AvgIpc) is 1.83. The number of hydrogen-bond donors (Lipinski definition) is 0. The van der Waals surface area contributed by atoms with E-state index < -0.39 is 16.4 Å². The van der Waals surface area contributed by atoms with Gasteiger partial charge in [0.1, 0.15) is 0 Å². The highest BCUT2D eigenvalue weighted by Gasteiger charge is 2.24. The van der Waals surface area contributed by atoms with Gasteiger partial charge in [0.15, 0.2) is 8.32 Å². The standard InChI is InChI=1S/C8H22OSi2/c1-9-11(5,6)8-7-10(2,3)4/h7-8H2,1-6H3. The lowest BCUT2D eigenvalue weighted by molar-refractivity contribution is 0.405. The van der Waals surface area contributed by atoms with E-state index in [-0.39, 0.29) is 0 Å². The highest BCUT2D eigenvalue weighted by Crippen LogP contribution is 2.19. The maximum Gasteiger partial charge on any atom is 0.185 e. The molecule has 0 aromatic rings.